The zero-order valence-electron chi connectivity index (χ0n) is 13.4. The topological polar surface area (TPSA) is 62.1 Å². The van der Waals surface area contributed by atoms with Crippen molar-refractivity contribution >= 4 is 29.3 Å². The van der Waals surface area contributed by atoms with E-state index in [2.05, 4.69) is 5.32 Å². The van der Waals surface area contributed by atoms with E-state index in [0.717, 1.165) is 12.1 Å². The number of benzene rings is 2. The van der Waals surface area contributed by atoms with Crippen LogP contribution in [0.5, 0.6) is 5.75 Å². The molecule has 0 aliphatic heterocycles. The molecule has 0 aromatic heterocycles. The van der Waals surface area contributed by atoms with Crippen molar-refractivity contribution in [1.82, 2.24) is 0 Å². The highest BCUT2D eigenvalue weighted by molar-refractivity contribution is 6.31. The predicted octanol–water partition coefficient (Wildman–Crippen LogP) is 4.91. The largest absolute Gasteiger partial charge is 0.495 e. The number of nitriles is 1. The van der Waals surface area contributed by atoms with Gasteiger partial charge < -0.3 is 10.1 Å². The molecule has 2 aromatic carbocycles. The summed E-state index contributed by atoms with van der Waals surface area (Å²) in [5.41, 5.74) is -0.561. The molecule has 0 saturated heterocycles. The predicted molar refractivity (Wildman–Crippen MR) is 91.7 cm³/mol. The first-order valence-electron chi connectivity index (χ1n) is 7.18. The minimum Gasteiger partial charge on any atom is -0.495 e. The molecule has 2 aromatic rings. The Kier molecular flexibility index (Phi) is 5.90. The Hall–Kier alpha value is -2.98. The lowest BCUT2D eigenvalue weighted by molar-refractivity contribution is -0.137. The molecule has 1 N–H and O–H groups in total. The quantitative estimate of drug-likeness (QED) is 0.605. The smallest absolute Gasteiger partial charge is 0.416 e. The number of carbonyl (C=O) groups is 1. The fourth-order valence-corrected chi connectivity index (χ4v) is 2.22. The van der Waals surface area contributed by atoms with Crippen LogP contribution < -0.4 is 10.1 Å². The molecule has 0 spiro atoms. The van der Waals surface area contributed by atoms with Crippen molar-refractivity contribution in [1.29, 1.82) is 5.26 Å². The number of amides is 1. The van der Waals surface area contributed by atoms with Crippen LogP contribution in [0.25, 0.3) is 6.08 Å². The van der Waals surface area contributed by atoms with E-state index in [-0.39, 0.29) is 16.8 Å². The maximum atomic E-state index is 12.6. The average molecular weight is 381 g/mol. The molecule has 8 heteroatoms. The molecule has 2 rings (SSSR count). The van der Waals surface area contributed by atoms with Crippen LogP contribution in [-0.2, 0) is 11.0 Å². The Bertz CT molecular complexity index is 885. The zero-order valence-corrected chi connectivity index (χ0v) is 14.2. The number of rotatable bonds is 4. The lowest BCUT2D eigenvalue weighted by Crippen LogP contribution is -2.14. The number of hydrogen-bond donors (Lipinski definition) is 1. The van der Waals surface area contributed by atoms with Gasteiger partial charge in [-0.1, -0.05) is 23.7 Å². The van der Waals surface area contributed by atoms with Crippen molar-refractivity contribution in [3.8, 4) is 11.8 Å². The van der Waals surface area contributed by atoms with Gasteiger partial charge in [0.15, 0.2) is 0 Å². The summed E-state index contributed by atoms with van der Waals surface area (Å²) in [6.45, 7) is 0. The van der Waals surface area contributed by atoms with Gasteiger partial charge in [-0.3, -0.25) is 4.79 Å². The Labute approximate surface area is 152 Å². The van der Waals surface area contributed by atoms with E-state index in [4.69, 9.17) is 16.3 Å². The van der Waals surface area contributed by atoms with E-state index >= 15 is 0 Å². The maximum absolute atomic E-state index is 12.6. The second-order valence-corrected chi connectivity index (χ2v) is 5.52. The van der Waals surface area contributed by atoms with Crippen LogP contribution in [0.1, 0.15) is 11.1 Å². The summed E-state index contributed by atoms with van der Waals surface area (Å²) in [6, 6.07) is 10.4. The molecule has 0 fully saturated rings. The van der Waals surface area contributed by atoms with Crippen molar-refractivity contribution in [3.05, 3.63) is 64.2 Å². The van der Waals surface area contributed by atoms with Crippen LogP contribution in [0, 0.1) is 11.3 Å². The molecule has 0 saturated carbocycles. The highest BCUT2D eigenvalue weighted by Crippen LogP contribution is 2.30. The number of carbonyl (C=O) groups excluding carboxylic acids is 1. The van der Waals surface area contributed by atoms with Gasteiger partial charge in [-0.15, -0.1) is 0 Å². The van der Waals surface area contributed by atoms with Gasteiger partial charge in [-0.2, -0.15) is 18.4 Å². The lowest BCUT2D eigenvalue weighted by atomic mass is 10.1. The van der Waals surface area contributed by atoms with Gasteiger partial charge in [0, 0.05) is 5.02 Å². The standard InChI is InChI=1S/C18H12ClF3N2O2/c1-26-16-7-6-14(19)9-15(16)24-17(25)12(10-23)8-11-2-4-13(5-3-11)18(20,21)22/h2-9H,1H3,(H,24,25). The second kappa shape index (κ2) is 7.93. The minimum atomic E-state index is -4.46. The van der Waals surface area contributed by atoms with E-state index in [1.54, 1.807) is 18.2 Å². The van der Waals surface area contributed by atoms with Crippen molar-refractivity contribution in [3.63, 3.8) is 0 Å². The molecular formula is C18H12ClF3N2O2. The number of nitrogens with zero attached hydrogens (tertiary/aromatic N) is 1. The second-order valence-electron chi connectivity index (χ2n) is 5.09. The highest BCUT2D eigenvalue weighted by Gasteiger charge is 2.29. The fraction of sp³-hybridized carbons (Fsp3) is 0.111. The van der Waals surface area contributed by atoms with E-state index in [0.29, 0.717) is 10.8 Å². The van der Waals surface area contributed by atoms with E-state index in [1.165, 1.54) is 31.4 Å². The van der Waals surface area contributed by atoms with Gasteiger partial charge in [-0.05, 0) is 42.0 Å². The van der Waals surface area contributed by atoms with Crippen molar-refractivity contribution < 1.29 is 22.7 Å². The third kappa shape index (κ3) is 4.77. The molecule has 0 aliphatic rings. The Balaban J connectivity index is 2.25. The minimum absolute atomic E-state index is 0.263. The summed E-state index contributed by atoms with van der Waals surface area (Å²) in [5.74, 6) is -0.400. The van der Waals surface area contributed by atoms with Crippen LogP contribution in [0.4, 0.5) is 18.9 Å². The lowest BCUT2D eigenvalue weighted by Gasteiger charge is -2.10. The number of halogens is 4. The third-order valence-corrected chi connectivity index (χ3v) is 3.56. The first kappa shape index (κ1) is 19.3. The van der Waals surface area contributed by atoms with Crippen LogP contribution in [0.3, 0.4) is 0 Å². The van der Waals surface area contributed by atoms with Gasteiger partial charge >= 0.3 is 6.18 Å². The Morgan fingerprint density at radius 2 is 1.88 bits per heavy atom. The van der Waals surface area contributed by atoms with E-state index < -0.39 is 17.6 Å². The molecule has 0 aliphatic carbocycles. The number of ether oxygens (including phenoxy) is 1. The van der Waals surface area contributed by atoms with Crippen LogP contribution in [0.15, 0.2) is 48.0 Å². The molecule has 4 nitrogen and oxygen atoms in total. The number of alkyl halides is 3. The van der Waals surface area contributed by atoms with Gasteiger partial charge in [0.25, 0.3) is 5.91 Å². The van der Waals surface area contributed by atoms with Crippen LogP contribution >= 0.6 is 11.6 Å². The zero-order chi connectivity index (χ0) is 19.3. The Morgan fingerprint density at radius 1 is 1.23 bits per heavy atom. The number of nitrogens with one attached hydrogen (secondary N) is 1. The summed E-state index contributed by atoms with van der Waals surface area (Å²) < 4.78 is 42.8. The molecular weight excluding hydrogens is 369 g/mol. The first-order chi connectivity index (χ1) is 12.2. The maximum Gasteiger partial charge on any atom is 0.416 e. The number of methoxy groups -OCH3 is 1. The molecule has 0 heterocycles. The number of anilines is 1. The van der Waals surface area contributed by atoms with Crippen molar-refractivity contribution in [2.75, 3.05) is 12.4 Å². The van der Waals surface area contributed by atoms with Crippen molar-refractivity contribution in [2.24, 2.45) is 0 Å². The fourth-order valence-electron chi connectivity index (χ4n) is 2.05. The van der Waals surface area contributed by atoms with Crippen LogP contribution in [0.2, 0.25) is 5.02 Å². The first-order valence-corrected chi connectivity index (χ1v) is 7.56. The van der Waals surface area contributed by atoms with Crippen molar-refractivity contribution in [2.45, 2.75) is 6.18 Å². The molecule has 26 heavy (non-hydrogen) atoms. The van der Waals surface area contributed by atoms with Gasteiger partial charge in [0.1, 0.15) is 17.4 Å². The highest BCUT2D eigenvalue weighted by atomic mass is 35.5. The van der Waals surface area contributed by atoms with E-state index in [1.807, 2.05) is 0 Å². The molecule has 1 amide bonds. The molecule has 0 atom stereocenters. The molecule has 0 unspecified atom stereocenters. The molecule has 134 valence electrons. The Morgan fingerprint density at radius 3 is 2.42 bits per heavy atom. The summed E-state index contributed by atoms with van der Waals surface area (Å²) in [6.07, 6.45) is -3.27. The molecule has 0 radical (unpaired) electrons. The van der Waals surface area contributed by atoms with Gasteiger partial charge in [-0.25, -0.2) is 0 Å². The number of hydrogen-bond acceptors (Lipinski definition) is 3. The summed E-state index contributed by atoms with van der Waals surface area (Å²) in [7, 11) is 1.40. The van der Waals surface area contributed by atoms with Gasteiger partial charge in [0.05, 0.1) is 18.4 Å². The van der Waals surface area contributed by atoms with E-state index in [9.17, 15) is 23.2 Å². The summed E-state index contributed by atoms with van der Waals surface area (Å²) in [4.78, 5) is 12.3. The monoisotopic (exact) mass is 380 g/mol. The van der Waals surface area contributed by atoms with Gasteiger partial charge in [0.2, 0.25) is 0 Å². The SMILES string of the molecule is COc1ccc(Cl)cc1NC(=O)C(C#N)=Cc1ccc(C(F)(F)F)cc1. The van der Waals surface area contributed by atoms with Crippen LogP contribution in [-0.4, -0.2) is 13.0 Å². The normalized spacial score (nSPS) is 11.6. The third-order valence-electron chi connectivity index (χ3n) is 3.32. The average Bonchev–Trinajstić information content (AvgIpc) is 2.59. The summed E-state index contributed by atoms with van der Waals surface area (Å²) in [5, 5.41) is 12.0. The molecule has 0 bridgehead atoms. The summed E-state index contributed by atoms with van der Waals surface area (Å²) >= 11 is 5.87.